The Morgan fingerprint density at radius 2 is 1.09 bits per heavy atom. The predicted octanol–water partition coefficient (Wildman–Crippen LogP) is 13.7. The third-order valence-electron chi connectivity index (χ3n) is 11.2. The van der Waals surface area contributed by atoms with Crippen LogP contribution in [0.4, 0.5) is 17.1 Å². The molecule has 1 aliphatic carbocycles. The molecule has 0 amide bonds. The Hall–Kier alpha value is -6.66. The Bertz CT molecular complexity index is 3420. The number of fused-ring (bicyclic) bond motifs is 10. The summed E-state index contributed by atoms with van der Waals surface area (Å²) in [5.74, 6) is 0. The molecule has 264 valence electrons. The van der Waals surface area contributed by atoms with Gasteiger partial charge in [-0.05, 0) is 95.4 Å². The fraction of sp³-hybridized carbons (Fsp3) is 0.0196. The Labute approximate surface area is 330 Å². The first-order valence-corrected chi connectivity index (χ1v) is 20.6. The second-order valence-electron chi connectivity index (χ2n) is 14.4. The lowest BCUT2D eigenvalue weighted by Gasteiger charge is -2.26. The third kappa shape index (κ3) is 4.88. The molecule has 0 atom stereocenters. The van der Waals surface area contributed by atoms with Gasteiger partial charge in [0, 0.05) is 58.1 Å². The summed E-state index contributed by atoms with van der Waals surface area (Å²) in [5.41, 5.74) is 13.6. The highest BCUT2D eigenvalue weighted by Gasteiger charge is 2.23. The highest BCUT2D eigenvalue weighted by molar-refractivity contribution is 7.25. The van der Waals surface area contributed by atoms with Crippen LogP contribution < -0.4 is 14.7 Å². The topological polar surface area (TPSA) is 21.3 Å². The van der Waals surface area contributed by atoms with Crippen LogP contribution >= 0.6 is 22.7 Å². The van der Waals surface area contributed by atoms with E-state index < -0.39 is 0 Å². The molecule has 0 spiro atoms. The third-order valence-corrected chi connectivity index (χ3v) is 13.6. The maximum absolute atomic E-state index is 6.56. The maximum Gasteiger partial charge on any atom is 0.171 e. The molecule has 5 heteroatoms. The van der Waals surface area contributed by atoms with Gasteiger partial charge in [-0.1, -0.05) is 115 Å². The molecular weight excluding hydrogens is 721 g/mol. The summed E-state index contributed by atoms with van der Waals surface area (Å²) < 4.78 is 14.1. The molecular formula is C51H32N2OS2. The van der Waals surface area contributed by atoms with Crippen molar-refractivity contribution in [2.75, 3.05) is 4.90 Å². The number of aromatic nitrogens is 1. The van der Waals surface area contributed by atoms with Crippen molar-refractivity contribution in [3.63, 3.8) is 0 Å². The van der Waals surface area contributed by atoms with E-state index in [9.17, 15) is 0 Å². The number of hydrogen-bond acceptors (Lipinski definition) is 4. The summed E-state index contributed by atoms with van der Waals surface area (Å²) in [6, 6.07) is 61.5. The molecule has 0 saturated heterocycles. The van der Waals surface area contributed by atoms with Crippen LogP contribution in [0.2, 0.25) is 0 Å². The molecule has 0 unspecified atom stereocenters. The number of hydrogen-bond donors (Lipinski definition) is 0. The Morgan fingerprint density at radius 1 is 0.482 bits per heavy atom. The van der Waals surface area contributed by atoms with Crippen molar-refractivity contribution in [3.05, 3.63) is 180 Å². The lowest BCUT2D eigenvalue weighted by molar-refractivity contribution is 0.673. The molecule has 11 aromatic rings. The summed E-state index contributed by atoms with van der Waals surface area (Å²) in [6.45, 7) is 0. The summed E-state index contributed by atoms with van der Waals surface area (Å²) in [4.78, 5) is 2.38. The summed E-state index contributed by atoms with van der Waals surface area (Å²) in [5, 5.41) is 5.06. The van der Waals surface area contributed by atoms with Gasteiger partial charge in [0.05, 0.1) is 10.2 Å². The number of para-hydroxylation sites is 1. The molecule has 1 aliphatic rings. The van der Waals surface area contributed by atoms with E-state index in [0.29, 0.717) is 0 Å². The number of anilines is 3. The fourth-order valence-electron chi connectivity index (χ4n) is 8.58. The van der Waals surface area contributed by atoms with Crippen LogP contribution in [0.15, 0.2) is 174 Å². The lowest BCUT2D eigenvalue weighted by Crippen LogP contribution is -2.16. The van der Waals surface area contributed by atoms with Crippen molar-refractivity contribution < 1.29 is 4.42 Å². The zero-order valence-corrected chi connectivity index (χ0v) is 31.8. The van der Waals surface area contributed by atoms with Gasteiger partial charge in [-0.2, -0.15) is 0 Å². The number of thiophene rings is 2. The molecule has 0 N–H and O–H groups in total. The Morgan fingerprint density at radius 3 is 1.86 bits per heavy atom. The standard InChI is InChI=1S/C51H32N2OS2/c1-2-9-32(10-3-1)33-17-19-34(20-18-33)35-21-23-36(24-22-35)52(39-29-30-41-40-11-5-7-15-45(40)55-47(41)31-39)37-25-27-38(28-26-37)53-48-42-12-4-6-14-44(42)54-50(48)51-49(53)43-13-8-16-46(43)56-51/h1-7,9-31H,8H2. The number of rotatable bonds is 6. The molecule has 4 heterocycles. The molecule has 0 bridgehead atoms. The highest BCUT2D eigenvalue weighted by atomic mass is 32.1. The van der Waals surface area contributed by atoms with Crippen LogP contribution in [-0.4, -0.2) is 4.57 Å². The van der Waals surface area contributed by atoms with Crippen LogP contribution in [0.1, 0.15) is 6.42 Å². The van der Waals surface area contributed by atoms with Crippen molar-refractivity contribution in [2.24, 2.45) is 0 Å². The molecule has 0 saturated carbocycles. The van der Waals surface area contributed by atoms with Gasteiger partial charge in [0.2, 0.25) is 0 Å². The first-order valence-electron chi connectivity index (χ1n) is 19.0. The number of furan rings is 1. The molecule has 4 aromatic heterocycles. The quantitative estimate of drug-likeness (QED) is 0.169. The van der Waals surface area contributed by atoms with E-state index in [2.05, 4.69) is 191 Å². The molecule has 0 aliphatic heterocycles. The monoisotopic (exact) mass is 752 g/mol. The normalized spacial score (nSPS) is 12.5. The average molecular weight is 753 g/mol. The first-order chi connectivity index (χ1) is 27.7. The van der Waals surface area contributed by atoms with Crippen molar-refractivity contribution in [1.82, 2.24) is 4.57 Å². The SMILES string of the molecule is C1=c2sc3c4oc5ccccc5c4n(-c4ccc(N(c5ccc(-c6ccc(-c7ccccc7)cc6)cc5)c5ccc6c(c5)sc5ccccc56)cc4)c3c2=CC1. The largest absolute Gasteiger partial charge is 0.453 e. The molecule has 56 heavy (non-hydrogen) atoms. The van der Waals surface area contributed by atoms with Crippen LogP contribution in [0.25, 0.3) is 92.6 Å². The van der Waals surface area contributed by atoms with Crippen LogP contribution in [0.5, 0.6) is 0 Å². The first kappa shape index (κ1) is 31.7. The van der Waals surface area contributed by atoms with Gasteiger partial charge in [-0.15, -0.1) is 22.7 Å². The summed E-state index contributed by atoms with van der Waals surface area (Å²) in [7, 11) is 0. The molecule has 12 rings (SSSR count). The molecule has 0 radical (unpaired) electrons. The second kappa shape index (κ2) is 12.4. The molecule has 0 fully saturated rings. The van der Waals surface area contributed by atoms with Gasteiger partial charge < -0.3 is 13.9 Å². The second-order valence-corrected chi connectivity index (χ2v) is 16.6. The maximum atomic E-state index is 6.56. The van der Waals surface area contributed by atoms with Crippen LogP contribution in [0, 0.1) is 0 Å². The zero-order valence-electron chi connectivity index (χ0n) is 30.1. The van der Waals surface area contributed by atoms with E-state index in [1.54, 1.807) is 0 Å². The Kier molecular flexibility index (Phi) is 7.03. The zero-order chi connectivity index (χ0) is 36.7. The molecule has 3 nitrogen and oxygen atoms in total. The van der Waals surface area contributed by atoms with E-state index in [4.69, 9.17) is 4.42 Å². The summed E-state index contributed by atoms with van der Waals surface area (Å²) >= 11 is 3.70. The van der Waals surface area contributed by atoms with Gasteiger partial charge in [0.1, 0.15) is 11.1 Å². The van der Waals surface area contributed by atoms with E-state index in [-0.39, 0.29) is 0 Å². The van der Waals surface area contributed by atoms with E-state index >= 15 is 0 Å². The van der Waals surface area contributed by atoms with Gasteiger partial charge in [0.15, 0.2) is 5.58 Å². The van der Waals surface area contributed by atoms with Crippen LogP contribution in [-0.2, 0) is 0 Å². The minimum absolute atomic E-state index is 0.921. The Balaban J connectivity index is 0.986. The van der Waals surface area contributed by atoms with E-state index in [0.717, 1.165) is 51.2 Å². The highest BCUT2D eigenvalue weighted by Crippen LogP contribution is 2.43. The van der Waals surface area contributed by atoms with Gasteiger partial charge in [-0.25, -0.2) is 0 Å². The van der Waals surface area contributed by atoms with Crippen molar-refractivity contribution in [1.29, 1.82) is 0 Å². The molecule has 7 aromatic carbocycles. The lowest BCUT2D eigenvalue weighted by atomic mass is 10.00. The average Bonchev–Trinajstić information content (AvgIpc) is 4.08. The minimum Gasteiger partial charge on any atom is -0.453 e. The smallest absolute Gasteiger partial charge is 0.171 e. The van der Waals surface area contributed by atoms with Crippen molar-refractivity contribution in [2.45, 2.75) is 6.42 Å². The van der Waals surface area contributed by atoms with E-state index in [1.807, 2.05) is 22.7 Å². The minimum atomic E-state index is 0.921. The number of nitrogens with zero attached hydrogens (tertiary/aromatic N) is 2. The predicted molar refractivity (Wildman–Crippen MR) is 240 cm³/mol. The van der Waals surface area contributed by atoms with Crippen LogP contribution in [0.3, 0.4) is 0 Å². The fourth-order valence-corrected chi connectivity index (χ4v) is 10.9. The number of benzene rings is 7. The van der Waals surface area contributed by atoms with Gasteiger partial charge in [-0.3, -0.25) is 0 Å². The van der Waals surface area contributed by atoms with Crippen molar-refractivity contribution in [3.8, 4) is 27.9 Å². The van der Waals surface area contributed by atoms with Crippen molar-refractivity contribution >= 4 is 104 Å². The summed E-state index contributed by atoms with van der Waals surface area (Å²) in [6.07, 6.45) is 5.66. The van der Waals surface area contributed by atoms with Gasteiger partial charge in [0.25, 0.3) is 0 Å². The van der Waals surface area contributed by atoms with Gasteiger partial charge >= 0.3 is 0 Å². The van der Waals surface area contributed by atoms with E-state index in [1.165, 1.54) is 62.4 Å².